The second kappa shape index (κ2) is 5.85. The standard InChI is InChI=1S/C15H22N4OS/c1-10-17-12(9-21-10)7-13-18-14(20-19-13)15(2,3)11-5-4-6-16-8-11/h9,11,16H,4-8H2,1-3H3. The van der Waals surface area contributed by atoms with Gasteiger partial charge in [0.1, 0.15) is 0 Å². The maximum atomic E-state index is 5.55. The predicted molar refractivity (Wildman–Crippen MR) is 82.6 cm³/mol. The first-order chi connectivity index (χ1) is 10.1. The normalized spacial score (nSPS) is 19.9. The summed E-state index contributed by atoms with van der Waals surface area (Å²) in [6.45, 7) is 8.56. The zero-order chi connectivity index (χ0) is 14.9. The molecule has 1 fully saturated rings. The van der Waals surface area contributed by atoms with E-state index >= 15 is 0 Å². The summed E-state index contributed by atoms with van der Waals surface area (Å²) < 4.78 is 5.55. The number of thiazole rings is 1. The molecule has 0 amide bonds. The topological polar surface area (TPSA) is 63.8 Å². The minimum atomic E-state index is -0.0866. The molecule has 0 bridgehead atoms. The van der Waals surface area contributed by atoms with Crippen LogP contribution in [0.5, 0.6) is 0 Å². The van der Waals surface area contributed by atoms with Gasteiger partial charge in [0.05, 0.1) is 17.1 Å². The third-order valence-corrected chi connectivity index (χ3v) is 5.16. The fraction of sp³-hybridized carbons (Fsp3) is 0.667. The van der Waals surface area contributed by atoms with E-state index in [4.69, 9.17) is 4.52 Å². The number of hydrogen-bond donors (Lipinski definition) is 1. The molecule has 3 heterocycles. The zero-order valence-electron chi connectivity index (χ0n) is 12.8. The van der Waals surface area contributed by atoms with Gasteiger partial charge in [-0.05, 0) is 38.8 Å². The van der Waals surface area contributed by atoms with Gasteiger partial charge in [0.2, 0.25) is 5.89 Å². The Bertz CT molecular complexity index is 598. The van der Waals surface area contributed by atoms with Crippen LogP contribution in [-0.2, 0) is 11.8 Å². The number of hydrogen-bond acceptors (Lipinski definition) is 6. The minimum absolute atomic E-state index is 0.0866. The lowest BCUT2D eigenvalue weighted by molar-refractivity contribution is 0.196. The predicted octanol–water partition coefficient (Wildman–Crippen LogP) is 2.70. The zero-order valence-corrected chi connectivity index (χ0v) is 13.7. The van der Waals surface area contributed by atoms with Crippen molar-refractivity contribution in [2.45, 2.75) is 45.4 Å². The van der Waals surface area contributed by atoms with Crippen molar-refractivity contribution >= 4 is 11.3 Å². The third kappa shape index (κ3) is 3.16. The van der Waals surface area contributed by atoms with Gasteiger partial charge in [0.25, 0.3) is 0 Å². The molecular formula is C15H22N4OS. The van der Waals surface area contributed by atoms with Gasteiger partial charge in [-0.3, -0.25) is 0 Å². The van der Waals surface area contributed by atoms with Crippen molar-refractivity contribution in [3.63, 3.8) is 0 Å². The highest BCUT2D eigenvalue weighted by atomic mass is 32.1. The number of aryl methyl sites for hydroxylation is 1. The molecule has 0 aromatic carbocycles. The molecule has 0 radical (unpaired) electrons. The number of nitrogens with zero attached hydrogens (tertiary/aromatic N) is 3. The summed E-state index contributed by atoms with van der Waals surface area (Å²) in [4.78, 5) is 9.07. The van der Waals surface area contributed by atoms with Crippen LogP contribution in [0.2, 0.25) is 0 Å². The maximum Gasteiger partial charge on any atom is 0.232 e. The number of rotatable bonds is 4. The molecule has 0 spiro atoms. The fourth-order valence-electron chi connectivity index (χ4n) is 2.88. The Balaban J connectivity index is 1.74. The highest BCUT2D eigenvalue weighted by Gasteiger charge is 2.37. The molecule has 0 saturated carbocycles. The fourth-order valence-corrected chi connectivity index (χ4v) is 3.49. The average Bonchev–Trinajstić information content (AvgIpc) is 3.10. The smallest absolute Gasteiger partial charge is 0.232 e. The summed E-state index contributed by atoms with van der Waals surface area (Å²) in [7, 11) is 0. The van der Waals surface area contributed by atoms with Crippen LogP contribution < -0.4 is 5.32 Å². The van der Waals surface area contributed by atoms with Gasteiger partial charge in [-0.2, -0.15) is 4.98 Å². The average molecular weight is 306 g/mol. The Morgan fingerprint density at radius 2 is 2.29 bits per heavy atom. The van der Waals surface area contributed by atoms with Crippen LogP contribution in [0.4, 0.5) is 0 Å². The Morgan fingerprint density at radius 1 is 1.43 bits per heavy atom. The molecule has 0 aliphatic carbocycles. The van der Waals surface area contributed by atoms with Crippen molar-refractivity contribution < 1.29 is 4.52 Å². The Morgan fingerprint density at radius 3 is 2.95 bits per heavy atom. The molecule has 1 unspecified atom stereocenters. The summed E-state index contributed by atoms with van der Waals surface area (Å²) in [5.74, 6) is 2.02. The van der Waals surface area contributed by atoms with E-state index in [2.05, 4.69) is 39.7 Å². The van der Waals surface area contributed by atoms with Crippen molar-refractivity contribution in [3.8, 4) is 0 Å². The summed E-state index contributed by atoms with van der Waals surface area (Å²) in [6.07, 6.45) is 3.07. The van der Waals surface area contributed by atoms with E-state index in [9.17, 15) is 0 Å². The molecule has 5 nitrogen and oxygen atoms in total. The van der Waals surface area contributed by atoms with Gasteiger partial charge in [0.15, 0.2) is 5.82 Å². The summed E-state index contributed by atoms with van der Waals surface area (Å²) in [6, 6.07) is 0. The molecule has 6 heteroatoms. The molecule has 1 atom stereocenters. The van der Waals surface area contributed by atoms with E-state index in [1.807, 2.05) is 6.92 Å². The molecule has 21 heavy (non-hydrogen) atoms. The van der Waals surface area contributed by atoms with Gasteiger partial charge >= 0.3 is 0 Å². The van der Waals surface area contributed by atoms with E-state index in [-0.39, 0.29) is 5.41 Å². The lowest BCUT2D eigenvalue weighted by Crippen LogP contribution is -2.40. The number of nitrogens with one attached hydrogen (secondary N) is 1. The molecule has 1 aliphatic heterocycles. The van der Waals surface area contributed by atoms with Crippen LogP contribution in [-0.4, -0.2) is 28.2 Å². The molecule has 1 N–H and O–H groups in total. The van der Waals surface area contributed by atoms with Crippen molar-refractivity contribution in [2.75, 3.05) is 13.1 Å². The van der Waals surface area contributed by atoms with E-state index in [1.54, 1.807) is 11.3 Å². The van der Waals surface area contributed by atoms with Crippen LogP contribution in [0, 0.1) is 12.8 Å². The molecule has 2 aromatic rings. The Hall–Kier alpha value is -1.27. The van der Waals surface area contributed by atoms with E-state index in [0.717, 1.165) is 35.5 Å². The SMILES string of the molecule is Cc1nc(Cc2noc(C(C)(C)C3CCCNC3)n2)cs1. The first-order valence-corrected chi connectivity index (χ1v) is 8.38. The molecule has 2 aromatic heterocycles. The van der Waals surface area contributed by atoms with Gasteiger partial charge in [0, 0.05) is 10.8 Å². The third-order valence-electron chi connectivity index (χ3n) is 4.34. The highest BCUT2D eigenvalue weighted by Crippen LogP contribution is 2.34. The summed E-state index contributed by atoms with van der Waals surface area (Å²) in [5, 5.41) is 10.7. The van der Waals surface area contributed by atoms with Crippen LogP contribution in [0.15, 0.2) is 9.90 Å². The lowest BCUT2D eigenvalue weighted by atomic mass is 9.75. The number of piperidine rings is 1. The van der Waals surface area contributed by atoms with Crippen molar-refractivity contribution in [2.24, 2.45) is 5.92 Å². The van der Waals surface area contributed by atoms with Crippen molar-refractivity contribution in [1.82, 2.24) is 20.4 Å². The Kier molecular flexibility index (Phi) is 4.08. The van der Waals surface area contributed by atoms with Crippen molar-refractivity contribution in [1.29, 1.82) is 0 Å². The van der Waals surface area contributed by atoms with Gasteiger partial charge < -0.3 is 9.84 Å². The van der Waals surface area contributed by atoms with Crippen LogP contribution in [0.3, 0.4) is 0 Å². The highest BCUT2D eigenvalue weighted by molar-refractivity contribution is 7.09. The molecule has 1 aliphatic rings. The monoisotopic (exact) mass is 306 g/mol. The second-order valence-electron chi connectivity index (χ2n) is 6.32. The van der Waals surface area contributed by atoms with E-state index in [1.165, 1.54) is 12.8 Å². The number of aromatic nitrogens is 3. The van der Waals surface area contributed by atoms with Gasteiger partial charge in [-0.25, -0.2) is 4.98 Å². The van der Waals surface area contributed by atoms with Gasteiger partial charge in [-0.15, -0.1) is 11.3 Å². The van der Waals surface area contributed by atoms with Gasteiger partial charge in [-0.1, -0.05) is 19.0 Å². The van der Waals surface area contributed by atoms with Crippen LogP contribution in [0.25, 0.3) is 0 Å². The van der Waals surface area contributed by atoms with Crippen LogP contribution in [0.1, 0.15) is 49.1 Å². The van der Waals surface area contributed by atoms with E-state index < -0.39 is 0 Å². The first-order valence-electron chi connectivity index (χ1n) is 7.50. The molecular weight excluding hydrogens is 284 g/mol. The lowest BCUT2D eigenvalue weighted by Gasteiger charge is -2.34. The Labute approximate surface area is 129 Å². The van der Waals surface area contributed by atoms with Crippen molar-refractivity contribution in [3.05, 3.63) is 27.8 Å². The summed E-state index contributed by atoms with van der Waals surface area (Å²) >= 11 is 1.65. The summed E-state index contributed by atoms with van der Waals surface area (Å²) in [5.41, 5.74) is 0.929. The largest absolute Gasteiger partial charge is 0.339 e. The first kappa shape index (κ1) is 14.7. The molecule has 114 valence electrons. The quantitative estimate of drug-likeness (QED) is 0.941. The minimum Gasteiger partial charge on any atom is -0.339 e. The molecule has 1 saturated heterocycles. The second-order valence-corrected chi connectivity index (χ2v) is 7.38. The maximum absolute atomic E-state index is 5.55. The molecule has 3 rings (SSSR count). The van der Waals surface area contributed by atoms with Crippen LogP contribution >= 0.6 is 11.3 Å². The van der Waals surface area contributed by atoms with E-state index in [0.29, 0.717) is 12.3 Å².